The topological polar surface area (TPSA) is 121 Å². The number of rotatable bonds is 3. The molecule has 0 unspecified atom stereocenters. The SMILES string of the molecule is O=C(NC(=O)c1ccc2nccnc2c1)Nc1cccc(Cl)c1C(=O)O.[NaH]. The first-order valence-electron chi connectivity index (χ1n) is 7.30. The third kappa shape index (κ3) is 4.81. The number of nitrogens with zero attached hydrogens (tertiary/aromatic N) is 2. The van der Waals surface area contributed by atoms with Crippen LogP contribution < -0.4 is 10.6 Å². The maximum atomic E-state index is 12.2. The van der Waals surface area contributed by atoms with Crippen molar-refractivity contribution >= 4 is 75.8 Å². The molecule has 0 atom stereocenters. The minimum absolute atomic E-state index is 0. The van der Waals surface area contributed by atoms with E-state index in [-0.39, 0.29) is 51.4 Å². The first-order chi connectivity index (χ1) is 12.5. The Morgan fingerprint density at radius 3 is 2.41 bits per heavy atom. The van der Waals surface area contributed by atoms with Gasteiger partial charge in [-0.25, -0.2) is 9.59 Å². The van der Waals surface area contributed by atoms with Gasteiger partial charge in [0.25, 0.3) is 5.91 Å². The zero-order valence-corrected chi connectivity index (χ0v) is 13.8. The van der Waals surface area contributed by atoms with Crippen LogP contribution in [0.5, 0.6) is 0 Å². The summed E-state index contributed by atoms with van der Waals surface area (Å²) in [6, 6.07) is 7.94. The second kappa shape index (κ2) is 8.92. The van der Waals surface area contributed by atoms with E-state index in [9.17, 15) is 19.5 Å². The van der Waals surface area contributed by atoms with Gasteiger partial charge in [0, 0.05) is 18.0 Å². The fraction of sp³-hybridized carbons (Fsp3) is 0. The molecule has 3 amide bonds. The summed E-state index contributed by atoms with van der Waals surface area (Å²) in [7, 11) is 0. The third-order valence-corrected chi connectivity index (χ3v) is 3.75. The number of imide groups is 1. The summed E-state index contributed by atoms with van der Waals surface area (Å²) in [6.45, 7) is 0. The Balaban J connectivity index is 0.00000261. The molecule has 0 aliphatic heterocycles. The van der Waals surface area contributed by atoms with Gasteiger partial charge in [-0.15, -0.1) is 0 Å². The zero-order valence-electron chi connectivity index (χ0n) is 13.1. The number of anilines is 1. The molecule has 27 heavy (non-hydrogen) atoms. The van der Waals surface area contributed by atoms with Gasteiger partial charge in [0.2, 0.25) is 0 Å². The fourth-order valence-electron chi connectivity index (χ4n) is 2.28. The molecule has 0 spiro atoms. The molecule has 1 aromatic heterocycles. The van der Waals surface area contributed by atoms with Gasteiger partial charge >= 0.3 is 41.6 Å². The van der Waals surface area contributed by atoms with Crippen LogP contribution in [0, 0.1) is 0 Å². The van der Waals surface area contributed by atoms with Crippen molar-refractivity contribution in [2.45, 2.75) is 0 Å². The van der Waals surface area contributed by atoms with Crippen LogP contribution in [0.4, 0.5) is 10.5 Å². The Hall–Kier alpha value is -2.52. The maximum absolute atomic E-state index is 12.2. The molecule has 3 aromatic rings. The summed E-state index contributed by atoms with van der Waals surface area (Å²) < 4.78 is 0. The fourth-order valence-corrected chi connectivity index (χ4v) is 2.53. The summed E-state index contributed by atoms with van der Waals surface area (Å²) in [5, 5.41) is 13.6. The van der Waals surface area contributed by atoms with Crippen LogP contribution in [0.1, 0.15) is 20.7 Å². The predicted octanol–water partition coefficient (Wildman–Crippen LogP) is 2.29. The number of hydrogen-bond acceptors (Lipinski definition) is 5. The molecule has 0 saturated carbocycles. The molecular formula is C17H12ClN4NaO4. The summed E-state index contributed by atoms with van der Waals surface area (Å²) in [5.74, 6) is -1.97. The number of hydrogen-bond donors (Lipinski definition) is 3. The van der Waals surface area contributed by atoms with Crippen molar-refractivity contribution in [3.05, 3.63) is 64.9 Å². The number of carbonyl (C=O) groups is 3. The van der Waals surface area contributed by atoms with Crippen molar-refractivity contribution < 1.29 is 19.5 Å². The zero-order chi connectivity index (χ0) is 18.7. The number of halogens is 1. The Bertz CT molecular complexity index is 1040. The predicted molar refractivity (Wildman–Crippen MR) is 102 cm³/mol. The second-order valence-electron chi connectivity index (χ2n) is 5.14. The van der Waals surface area contributed by atoms with Gasteiger partial charge in [-0.1, -0.05) is 17.7 Å². The number of nitrogens with one attached hydrogen (secondary N) is 2. The van der Waals surface area contributed by atoms with Crippen LogP contribution in [0.25, 0.3) is 11.0 Å². The molecule has 2 aromatic carbocycles. The summed E-state index contributed by atoms with van der Waals surface area (Å²) in [4.78, 5) is 43.7. The number of carboxylic acids is 1. The minimum atomic E-state index is -1.30. The van der Waals surface area contributed by atoms with Gasteiger partial charge in [0.15, 0.2) is 0 Å². The molecule has 3 rings (SSSR count). The number of carboxylic acid groups (broad SMARTS) is 1. The van der Waals surface area contributed by atoms with E-state index < -0.39 is 17.9 Å². The van der Waals surface area contributed by atoms with Crippen molar-refractivity contribution in [3.8, 4) is 0 Å². The molecule has 0 fully saturated rings. The Labute approximate surface area is 180 Å². The van der Waals surface area contributed by atoms with Crippen molar-refractivity contribution in [2.24, 2.45) is 0 Å². The van der Waals surface area contributed by atoms with Gasteiger partial charge in [-0.2, -0.15) is 0 Å². The van der Waals surface area contributed by atoms with Crippen molar-refractivity contribution in [1.29, 1.82) is 0 Å². The molecule has 0 saturated heterocycles. The van der Waals surface area contributed by atoms with Crippen LogP contribution in [-0.4, -0.2) is 62.5 Å². The van der Waals surface area contributed by atoms with Gasteiger partial charge in [-0.3, -0.25) is 20.1 Å². The van der Waals surface area contributed by atoms with E-state index >= 15 is 0 Å². The quantitative estimate of drug-likeness (QED) is 0.586. The van der Waals surface area contributed by atoms with E-state index in [2.05, 4.69) is 20.6 Å². The van der Waals surface area contributed by atoms with Crippen LogP contribution in [0.2, 0.25) is 5.02 Å². The van der Waals surface area contributed by atoms with Crippen molar-refractivity contribution in [1.82, 2.24) is 15.3 Å². The summed E-state index contributed by atoms with van der Waals surface area (Å²) in [6.07, 6.45) is 3.02. The van der Waals surface area contributed by atoms with Crippen LogP contribution >= 0.6 is 11.6 Å². The Kier molecular flexibility index (Phi) is 6.86. The van der Waals surface area contributed by atoms with Crippen molar-refractivity contribution in [3.63, 3.8) is 0 Å². The molecular weight excluding hydrogens is 383 g/mol. The molecule has 0 radical (unpaired) electrons. The number of amides is 3. The van der Waals surface area contributed by atoms with E-state index in [4.69, 9.17) is 11.6 Å². The van der Waals surface area contributed by atoms with Gasteiger partial charge in [-0.05, 0) is 30.3 Å². The molecule has 10 heteroatoms. The number of fused-ring (bicyclic) bond motifs is 1. The number of aromatic carboxylic acids is 1. The molecule has 8 nitrogen and oxygen atoms in total. The van der Waals surface area contributed by atoms with E-state index in [1.165, 1.54) is 42.7 Å². The molecule has 3 N–H and O–H groups in total. The van der Waals surface area contributed by atoms with Gasteiger partial charge < -0.3 is 10.4 Å². The first-order valence-corrected chi connectivity index (χ1v) is 7.68. The van der Waals surface area contributed by atoms with E-state index in [0.717, 1.165) is 0 Å². The summed E-state index contributed by atoms with van der Waals surface area (Å²) >= 11 is 5.83. The number of urea groups is 1. The average molecular weight is 395 g/mol. The second-order valence-corrected chi connectivity index (χ2v) is 5.54. The van der Waals surface area contributed by atoms with Gasteiger partial charge in [0.1, 0.15) is 5.56 Å². The van der Waals surface area contributed by atoms with E-state index in [1.807, 2.05) is 0 Å². The van der Waals surface area contributed by atoms with Crippen LogP contribution in [0.3, 0.4) is 0 Å². The van der Waals surface area contributed by atoms with Gasteiger partial charge in [0.05, 0.1) is 21.7 Å². The van der Waals surface area contributed by atoms with Crippen LogP contribution in [0.15, 0.2) is 48.8 Å². The standard InChI is InChI=1S/C17H11ClN4O4.Na.H/c18-10-2-1-3-12(14(10)16(24)25)21-17(26)22-15(23)9-4-5-11-13(8-9)20-7-6-19-11;;/h1-8H,(H,24,25)(H2,21,22,23,26);;. The normalized spacial score (nSPS) is 9.96. The summed E-state index contributed by atoms with van der Waals surface area (Å²) in [5.41, 5.74) is 1.03. The number of aromatic nitrogens is 2. The third-order valence-electron chi connectivity index (χ3n) is 3.43. The van der Waals surface area contributed by atoms with E-state index in [0.29, 0.717) is 11.0 Å². The first kappa shape index (κ1) is 20.8. The number of carbonyl (C=O) groups excluding carboxylic acids is 2. The Morgan fingerprint density at radius 2 is 1.70 bits per heavy atom. The molecule has 0 aliphatic rings. The monoisotopic (exact) mass is 394 g/mol. The molecule has 132 valence electrons. The average Bonchev–Trinajstić information content (AvgIpc) is 2.60. The van der Waals surface area contributed by atoms with Crippen LogP contribution in [-0.2, 0) is 0 Å². The van der Waals surface area contributed by atoms with Crippen molar-refractivity contribution in [2.75, 3.05) is 5.32 Å². The number of benzene rings is 2. The molecule has 0 bridgehead atoms. The van der Waals surface area contributed by atoms with E-state index in [1.54, 1.807) is 6.07 Å². The molecule has 0 aliphatic carbocycles. The Morgan fingerprint density at radius 1 is 1.00 bits per heavy atom. The molecule has 1 heterocycles.